The number of ether oxygens (including phenoxy) is 3. The van der Waals surface area contributed by atoms with Crippen LogP contribution in [0.25, 0.3) is 0 Å². The zero-order chi connectivity index (χ0) is 44.4. The van der Waals surface area contributed by atoms with Crippen LogP contribution < -0.4 is 0 Å². The van der Waals surface area contributed by atoms with Gasteiger partial charge in [0.15, 0.2) is 6.10 Å². The van der Waals surface area contributed by atoms with Gasteiger partial charge in [-0.3, -0.25) is 14.4 Å². The molecule has 0 radical (unpaired) electrons. The Labute approximate surface area is 376 Å². The van der Waals surface area contributed by atoms with Crippen molar-refractivity contribution >= 4 is 17.9 Å². The molecule has 0 N–H and O–H groups in total. The van der Waals surface area contributed by atoms with Crippen LogP contribution in [0, 0.1) is 0 Å². The first-order chi connectivity index (χ1) is 30.0. The molecule has 1 unspecified atom stereocenters. The molecule has 0 saturated carbocycles. The molecule has 6 heteroatoms. The van der Waals surface area contributed by atoms with Crippen molar-refractivity contribution in [2.75, 3.05) is 13.2 Å². The Morgan fingerprint density at radius 3 is 1.11 bits per heavy atom. The van der Waals surface area contributed by atoms with Crippen molar-refractivity contribution in [3.63, 3.8) is 0 Å². The van der Waals surface area contributed by atoms with Crippen LogP contribution in [0.3, 0.4) is 0 Å². The lowest BCUT2D eigenvalue weighted by molar-refractivity contribution is -0.166. The minimum atomic E-state index is -0.807. The van der Waals surface area contributed by atoms with Gasteiger partial charge in [0.2, 0.25) is 0 Å². The van der Waals surface area contributed by atoms with Crippen molar-refractivity contribution in [1.29, 1.82) is 0 Å². The number of rotatable bonds is 45. The molecule has 0 amide bonds. The van der Waals surface area contributed by atoms with Gasteiger partial charge in [0.1, 0.15) is 13.2 Å². The highest BCUT2D eigenvalue weighted by atomic mass is 16.6. The maximum Gasteiger partial charge on any atom is 0.306 e. The molecule has 0 aromatic rings. The standard InChI is InChI=1S/C55H94O6/c1-4-7-10-13-16-19-22-25-27-28-31-33-36-39-42-45-48-54(57)60-51-52(50-59-53(56)47-44-41-38-35-32-29-24-21-18-15-12-9-6-3)61-55(58)49-46-43-40-37-34-30-26-23-20-17-14-11-8-5-2/h9,12,18-19,21-22,27-29,32,38,41,52H,4-8,10-11,13-17,20,23-26,30-31,33-37,39-40,42-51H2,1-3H3/b12-9-,21-18-,22-19-,28-27-,32-29-,41-38-. The van der Waals surface area contributed by atoms with Gasteiger partial charge in [0, 0.05) is 19.3 Å². The molecule has 350 valence electrons. The fourth-order valence-corrected chi connectivity index (χ4v) is 6.90. The molecule has 0 heterocycles. The number of esters is 3. The topological polar surface area (TPSA) is 78.9 Å². The first-order valence-electron chi connectivity index (χ1n) is 25.4. The third kappa shape index (κ3) is 47.7. The molecule has 0 aliphatic rings. The van der Waals surface area contributed by atoms with Crippen LogP contribution in [0.2, 0.25) is 0 Å². The van der Waals surface area contributed by atoms with Gasteiger partial charge in [0.25, 0.3) is 0 Å². The molecule has 61 heavy (non-hydrogen) atoms. The molecule has 0 fully saturated rings. The molecule has 0 spiro atoms. The van der Waals surface area contributed by atoms with Gasteiger partial charge in [0.05, 0.1) is 0 Å². The number of hydrogen-bond acceptors (Lipinski definition) is 6. The molecule has 0 saturated heterocycles. The molecule has 0 bridgehead atoms. The van der Waals surface area contributed by atoms with E-state index in [1.807, 2.05) is 12.2 Å². The van der Waals surface area contributed by atoms with E-state index < -0.39 is 6.10 Å². The molecule has 0 aliphatic carbocycles. The minimum Gasteiger partial charge on any atom is -0.462 e. The average molecular weight is 851 g/mol. The van der Waals surface area contributed by atoms with Gasteiger partial charge in [-0.1, -0.05) is 216 Å². The molecular formula is C55H94O6. The van der Waals surface area contributed by atoms with Gasteiger partial charge in [-0.25, -0.2) is 0 Å². The third-order valence-electron chi connectivity index (χ3n) is 10.7. The summed E-state index contributed by atoms with van der Waals surface area (Å²) in [6.07, 6.45) is 61.8. The quantitative estimate of drug-likeness (QED) is 0.0263. The van der Waals surface area contributed by atoms with Crippen molar-refractivity contribution in [1.82, 2.24) is 0 Å². The summed E-state index contributed by atoms with van der Waals surface area (Å²) < 4.78 is 16.7. The van der Waals surface area contributed by atoms with Crippen molar-refractivity contribution in [3.05, 3.63) is 72.9 Å². The minimum absolute atomic E-state index is 0.103. The fraction of sp³-hybridized carbons (Fsp3) is 0.727. The zero-order valence-corrected chi connectivity index (χ0v) is 39.9. The Morgan fingerprint density at radius 2 is 0.672 bits per heavy atom. The van der Waals surface area contributed by atoms with Gasteiger partial charge in [-0.2, -0.15) is 0 Å². The second kappa shape index (κ2) is 49.5. The van der Waals surface area contributed by atoms with Crippen LogP contribution in [0.4, 0.5) is 0 Å². The Balaban J connectivity index is 4.47. The third-order valence-corrected chi connectivity index (χ3v) is 10.7. The van der Waals surface area contributed by atoms with Crippen LogP contribution in [-0.4, -0.2) is 37.2 Å². The Kier molecular flexibility index (Phi) is 46.9. The SMILES string of the molecule is CC/C=C\C/C=C\C/C=C\C/C=C\CCC(=O)OCC(COC(=O)CCCCCCC/C=C\C/C=C\CCCCCC)OC(=O)CCCCCCCCCCCCCCCC. The number of hydrogen-bond donors (Lipinski definition) is 0. The summed E-state index contributed by atoms with van der Waals surface area (Å²) in [6, 6.07) is 0. The Bertz CT molecular complexity index is 1160. The Hall–Kier alpha value is -3.15. The van der Waals surface area contributed by atoms with E-state index in [0.29, 0.717) is 19.3 Å². The number of carbonyl (C=O) groups is 3. The predicted octanol–water partition coefficient (Wildman–Crippen LogP) is 16.6. The smallest absolute Gasteiger partial charge is 0.306 e. The number of allylic oxidation sites excluding steroid dienone is 12. The highest BCUT2D eigenvalue weighted by Gasteiger charge is 2.19. The van der Waals surface area contributed by atoms with Gasteiger partial charge in [-0.05, 0) is 77.0 Å². The van der Waals surface area contributed by atoms with E-state index in [2.05, 4.69) is 81.5 Å². The summed E-state index contributed by atoms with van der Waals surface area (Å²) in [5, 5.41) is 0. The summed E-state index contributed by atoms with van der Waals surface area (Å²) in [5.74, 6) is -0.998. The molecular weight excluding hydrogens is 757 g/mol. The first kappa shape index (κ1) is 57.9. The largest absolute Gasteiger partial charge is 0.462 e. The summed E-state index contributed by atoms with van der Waals surface area (Å²) in [4.78, 5) is 37.9. The predicted molar refractivity (Wildman–Crippen MR) is 261 cm³/mol. The van der Waals surface area contributed by atoms with Crippen LogP contribution in [-0.2, 0) is 28.6 Å². The molecule has 1 atom stereocenters. The average Bonchev–Trinajstić information content (AvgIpc) is 3.26. The molecule has 0 aliphatic heterocycles. The number of carbonyl (C=O) groups excluding carboxylic acids is 3. The highest BCUT2D eigenvalue weighted by Crippen LogP contribution is 2.15. The number of unbranched alkanes of at least 4 members (excludes halogenated alkanes) is 22. The van der Waals surface area contributed by atoms with E-state index in [1.54, 1.807) is 0 Å². The van der Waals surface area contributed by atoms with E-state index in [-0.39, 0.29) is 37.5 Å². The Morgan fingerprint density at radius 1 is 0.344 bits per heavy atom. The van der Waals surface area contributed by atoms with E-state index in [0.717, 1.165) is 89.9 Å². The molecule has 6 nitrogen and oxygen atoms in total. The van der Waals surface area contributed by atoms with Crippen LogP contribution in [0.1, 0.15) is 239 Å². The second-order valence-electron chi connectivity index (χ2n) is 16.7. The fourth-order valence-electron chi connectivity index (χ4n) is 6.90. The maximum atomic E-state index is 12.8. The summed E-state index contributed by atoms with van der Waals surface area (Å²) in [5.41, 5.74) is 0. The lowest BCUT2D eigenvalue weighted by Crippen LogP contribution is -2.30. The molecule has 0 rings (SSSR count). The summed E-state index contributed by atoms with van der Waals surface area (Å²) >= 11 is 0. The van der Waals surface area contributed by atoms with Crippen LogP contribution in [0.5, 0.6) is 0 Å². The van der Waals surface area contributed by atoms with E-state index in [1.165, 1.54) is 103 Å². The van der Waals surface area contributed by atoms with Crippen molar-refractivity contribution in [2.45, 2.75) is 245 Å². The van der Waals surface area contributed by atoms with E-state index in [4.69, 9.17) is 14.2 Å². The molecule has 0 aromatic heterocycles. The highest BCUT2D eigenvalue weighted by molar-refractivity contribution is 5.71. The second-order valence-corrected chi connectivity index (χ2v) is 16.7. The summed E-state index contributed by atoms with van der Waals surface area (Å²) in [6.45, 7) is 6.43. The van der Waals surface area contributed by atoms with Gasteiger partial charge >= 0.3 is 17.9 Å². The van der Waals surface area contributed by atoms with Crippen molar-refractivity contribution in [3.8, 4) is 0 Å². The van der Waals surface area contributed by atoms with Crippen LogP contribution in [0.15, 0.2) is 72.9 Å². The van der Waals surface area contributed by atoms with Crippen molar-refractivity contribution in [2.24, 2.45) is 0 Å². The lowest BCUT2D eigenvalue weighted by atomic mass is 10.0. The van der Waals surface area contributed by atoms with E-state index in [9.17, 15) is 14.4 Å². The lowest BCUT2D eigenvalue weighted by Gasteiger charge is -2.18. The van der Waals surface area contributed by atoms with Gasteiger partial charge in [-0.15, -0.1) is 0 Å². The first-order valence-corrected chi connectivity index (χ1v) is 25.4. The van der Waals surface area contributed by atoms with E-state index >= 15 is 0 Å². The molecule has 0 aromatic carbocycles. The van der Waals surface area contributed by atoms with Crippen molar-refractivity contribution < 1.29 is 28.6 Å². The van der Waals surface area contributed by atoms with Gasteiger partial charge < -0.3 is 14.2 Å². The zero-order valence-electron chi connectivity index (χ0n) is 39.9. The maximum absolute atomic E-state index is 12.8. The monoisotopic (exact) mass is 851 g/mol. The summed E-state index contributed by atoms with van der Waals surface area (Å²) in [7, 11) is 0. The normalized spacial score (nSPS) is 12.6. The van der Waals surface area contributed by atoms with Crippen LogP contribution >= 0.6 is 0 Å².